The third kappa shape index (κ3) is 2.23. The molecule has 0 saturated carbocycles. The van der Waals surface area contributed by atoms with Gasteiger partial charge in [0.2, 0.25) is 0 Å². The fraction of sp³-hybridized carbons (Fsp3) is 0.429. The Morgan fingerprint density at radius 2 is 2.11 bits per heavy atom. The lowest BCUT2D eigenvalue weighted by atomic mass is 9.86. The predicted octanol–water partition coefficient (Wildman–Crippen LogP) is 3.30. The summed E-state index contributed by atoms with van der Waals surface area (Å²) >= 11 is 0. The van der Waals surface area contributed by atoms with E-state index in [4.69, 9.17) is 9.15 Å². The van der Waals surface area contributed by atoms with Gasteiger partial charge in [0.1, 0.15) is 5.52 Å². The summed E-state index contributed by atoms with van der Waals surface area (Å²) < 4.78 is 10.3. The Balaban J connectivity index is 2.55. The number of oxazole rings is 1. The summed E-state index contributed by atoms with van der Waals surface area (Å²) in [6, 6.07) is 5.71. The van der Waals surface area contributed by atoms with Gasteiger partial charge in [-0.2, -0.15) is 0 Å². The van der Waals surface area contributed by atoms with Crippen molar-refractivity contribution in [1.82, 2.24) is 4.98 Å². The summed E-state index contributed by atoms with van der Waals surface area (Å²) in [5.74, 6) is -0.503. The third-order valence-electron chi connectivity index (χ3n) is 2.68. The SMILES string of the molecule is CCOC(=O)c1nc2c(C(C)(C)C)cccc2o1. The lowest BCUT2D eigenvalue weighted by molar-refractivity contribution is 0.0483. The normalized spacial score (nSPS) is 11.8. The molecule has 4 nitrogen and oxygen atoms in total. The van der Waals surface area contributed by atoms with Gasteiger partial charge in [0.05, 0.1) is 6.61 Å². The van der Waals surface area contributed by atoms with Crippen LogP contribution in [0.25, 0.3) is 11.1 Å². The van der Waals surface area contributed by atoms with E-state index in [1.807, 2.05) is 12.1 Å². The van der Waals surface area contributed by atoms with Crippen molar-refractivity contribution in [2.75, 3.05) is 6.61 Å². The van der Waals surface area contributed by atoms with Gasteiger partial charge >= 0.3 is 11.9 Å². The molecule has 2 aromatic rings. The molecule has 96 valence electrons. The van der Waals surface area contributed by atoms with Crippen LogP contribution in [-0.2, 0) is 10.2 Å². The molecule has 1 aromatic carbocycles. The van der Waals surface area contributed by atoms with Crippen LogP contribution in [0.15, 0.2) is 22.6 Å². The molecular weight excluding hydrogens is 230 g/mol. The smallest absolute Gasteiger partial charge is 0.394 e. The topological polar surface area (TPSA) is 52.3 Å². The number of rotatable bonds is 2. The number of hydrogen-bond donors (Lipinski definition) is 0. The molecule has 2 rings (SSSR count). The van der Waals surface area contributed by atoms with Gasteiger partial charge in [-0.15, -0.1) is 0 Å². The summed E-state index contributed by atoms with van der Waals surface area (Å²) in [7, 11) is 0. The summed E-state index contributed by atoms with van der Waals surface area (Å²) in [5.41, 5.74) is 2.35. The van der Waals surface area contributed by atoms with E-state index in [2.05, 4.69) is 25.8 Å². The number of fused-ring (bicyclic) bond motifs is 1. The van der Waals surface area contributed by atoms with Crippen LogP contribution in [0.2, 0.25) is 0 Å². The maximum Gasteiger partial charge on any atom is 0.394 e. The van der Waals surface area contributed by atoms with Crippen LogP contribution in [0, 0.1) is 0 Å². The molecular formula is C14H17NO3. The molecule has 0 aliphatic carbocycles. The summed E-state index contributed by atoms with van der Waals surface area (Å²) in [5, 5.41) is 0. The Morgan fingerprint density at radius 3 is 2.72 bits per heavy atom. The Hall–Kier alpha value is -1.84. The van der Waals surface area contributed by atoms with Crippen molar-refractivity contribution in [3.05, 3.63) is 29.7 Å². The predicted molar refractivity (Wildman–Crippen MR) is 68.7 cm³/mol. The monoisotopic (exact) mass is 247 g/mol. The van der Waals surface area contributed by atoms with E-state index >= 15 is 0 Å². The maximum atomic E-state index is 11.6. The largest absolute Gasteiger partial charge is 0.459 e. The van der Waals surface area contributed by atoms with E-state index in [1.165, 1.54) is 0 Å². The lowest BCUT2D eigenvalue weighted by Gasteiger charge is -2.18. The fourth-order valence-corrected chi connectivity index (χ4v) is 1.83. The van der Waals surface area contributed by atoms with Crippen LogP contribution < -0.4 is 0 Å². The molecule has 0 bridgehead atoms. The van der Waals surface area contributed by atoms with Crippen LogP contribution in [0.5, 0.6) is 0 Å². The number of nitrogens with zero attached hydrogens (tertiary/aromatic N) is 1. The molecule has 4 heteroatoms. The van der Waals surface area contributed by atoms with E-state index in [0.717, 1.165) is 11.1 Å². The average Bonchev–Trinajstić information content (AvgIpc) is 2.71. The van der Waals surface area contributed by atoms with E-state index < -0.39 is 5.97 Å². The molecule has 0 amide bonds. The molecule has 0 spiro atoms. The number of benzene rings is 1. The summed E-state index contributed by atoms with van der Waals surface area (Å²) in [6.45, 7) is 8.35. The van der Waals surface area contributed by atoms with Crippen LogP contribution in [0.3, 0.4) is 0 Å². The number of ether oxygens (including phenoxy) is 1. The molecule has 0 aliphatic rings. The number of para-hydroxylation sites is 1. The number of hydrogen-bond acceptors (Lipinski definition) is 4. The second-order valence-electron chi connectivity index (χ2n) is 5.14. The van der Waals surface area contributed by atoms with Gasteiger partial charge in [0.25, 0.3) is 0 Å². The maximum absolute atomic E-state index is 11.6. The number of aromatic nitrogens is 1. The highest BCUT2D eigenvalue weighted by atomic mass is 16.5. The fourth-order valence-electron chi connectivity index (χ4n) is 1.83. The van der Waals surface area contributed by atoms with Crippen molar-refractivity contribution in [2.24, 2.45) is 0 Å². The first-order chi connectivity index (χ1) is 8.43. The van der Waals surface area contributed by atoms with Gasteiger partial charge in [0, 0.05) is 0 Å². The second-order valence-corrected chi connectivity index (χ2v) is 5.14. The molecule has 0 aliphatic heterocycles. The zero-order valence-electron chi connectivity index (χ0n) is 11.1. The van der Waals surface area contributed by atoms with Crippen molar-refractivity contribution in [3.63, 3.8) is 0 Å². The van der Waals surface area contributed by atoms with Crippen molar-refractivity contribution < 1.29 is 13.9 Å². The average molecular weight is 247 g/mol. The molecule has 0 unspecified atom stereocenters. The van der Waals surface area contributed by atoms with Gasteiger partial charge in [-0.1, -0.05) is 32.9 Å². The Morgan fingerprint density at radius 1 is 1.39 bits per heavy atom. The first-order valence-corrected chi connectivity index (χ1v) is 6.00. The van der Waals surface area contributed by atoms with Gasteiger partial charge in [-0.3, -0.25) is 0 Å². The van der Waals surface area contributed by atoms with Crippen molar-refractivity contribution in [3.8, 4) is 0 Å². The highest BCUT2D eigenvalue weighted by Crippen LogP contribution is 2.29. The van der Waals surface area contributed by atoms with Gasteiger partial charge in [-0.05, 0) is 24.0 Å². The minimum atomic E-state index is -0.520. The van der Waals surface area contributed by atoms with E-state index in [9.17, 15) is 4.79 Å². The van der Waals surface area contributed by atoms with Crippen molar-refractivity contribution >= 4 is 17.1 Å². The molecule has 18 heavy (non-hydrogen) atoms. The second kappa shape index (κ2) is 4.44. The molecule has 1 aromatic heterocycles. The number of esters is 1. The van der Waals surface area contributed by atoms with Crippen LogP contribution >= 0.6 is 0 Å². The molecule has 0 fully saturated rings. The standard InChI is InChI=1S/C14H17NO3/c1-5-17-13(16)12-15-11-9(14(2,3)4)7-6-8-10(11)18-12/h6-8H,5H2,1-4H3. The minimum Gasteiger partial charge on any atom is -0.459 e. The third-order valence-corrected chi connectivity index (χ3v) is 2.68. The first kappa shape index (κ1) is 12.6. The van der Waals surface area contributed by atoms with Crippen molar-refractivity contribution in [2.45, 2.75) is 33.1 Å². The molecule has 1 heterocycles. The molecule has 0 radical (unpaired) electrons. The van der Waals surface area contributed by atoms with E-state index in [1.54, 1.807) is 13.0 Å². The van der Waals surface area contributed by atoms with Crippen LogP contribution in [0.1, 0.15) is 43.9 Å². The first-order valence-electron chi connectivity index (χ1n) is 6.00. The number of carbonyl (C=O) groups is 1. The Kier molecular flexibility index (Phi) is 3.11. The number of carbonyl (C=O) groups excluding carboxylic acids is 1. The molecule has 0 saturated heterocycles. The van der Waals surface area contributed by atoms with Crippen LogP contribution in [-0.4, -0.2) is 17.6 Å². The van der Waals surface area contributed by atoms with E-state index in [-0.39, 0.29) is 11.3 Å². The lowest BCUT2D eigenvalue weighted by Crippen LogP contribution is -2.11. The zero-order chi connectivity index (χ0) is 13.3. The summed E-state index contributed by atoms with van der Waals surface area (Å²) in [4.78, 5) is 15.9. The highest BCUT2D eigenvalue weighted by molar-refractivity contribution is 5.89. The quantitative estimate of drug-likeness (QED) is 0.764. The Bertz CT molecular complexity index is 578. The zero-order valence-corrected chi connectivity index (χ0v) is 11.1. The molecule has 0 N–H and O–H groups in total. The van der Waals surface area contributed by atoms with Gasteiger partial charge in [-0.25, -0.2) is 9.78 Å². The van der Waals surface area contributed by atoms with Crippen molar-refractivity contribution in [1.29, 1.82) is 0 Å². The van der Waals surface area contributed by atoms with Crippen LogP contribution in [0.4, 0.5) is 0 Å². The van der Waals surface area contributed by atoms with E-state index in [0.29, 0.717) is 12.2 Å². The van der Waals surface area contributed by atoms with Gasteiger partial charge in [0.15, 0.2) is 5.58 Å². The highest BCUT2D eigenvalue weighted by Gasteiger charge is 2.22. The Labute approximate surface area is 106 Å². The molecule has 0 atom stereocenters. The van der Waals surface area contributed by atoms with Gasteiger partial charge < -0.3 is 9.15 Å². The minimum absolute atomic E-state index is 0.0172. The summed E-state index contributed by atoms with van der Waals surface area (Å²) in [6.07, 6.45) is 0.